The monoisotopic (exact) mass is 422 g/mol. The summed E-state index contributed by atoms with van der Waals surface area (Å²) in [5.74, 6) is -0.146. The average molecular weight is 422 g/mol. The van der Waals surface area contributed by atoms with Crippen molar-refractivity contribution in [3.05, 3.63) is 65.2 Å². The summed E-state index contributed by atoms with van der Waals surface area (Å²) >= 11 is 0. The number of hydrogen-bond acceptors (Lipinski definition) is 6. The van der Waals surface area contributed by atoms with Crippen LogP contribution in [0.4, 0.5) is 0 Å². The fourth-order valence-corrected chi connectivity index (χ4v) is 2.72. The number of amides is 1. The zero-order valence-electron chi connectivity index (χ0n) is 17.7. The number of nitrogens with zero attached hydrogens (tertiary/aromatic N) is 1. The molecule has 0 aliphatic heterocycles. The van der Waals surface area contributed by atoms with Gasteiger partial charge in [-0.2, -0.15) is 5.26 Å². The SMILES string of the molecule is CCOC(=O)COc1ccc(C=C(C#N)C(=O)NCCc2ccccc2)cc1OCC. The molecule has 0 unspecified atom stereocenters. The highest BCUT2D eigenvalue weighted by Gasteiger charge is 2.12. The van der Waals surface area contributed by atoms with Crippen LogP contribution >= 0.6 is 0 Å². The molecule has 0 saturated carbocycles. The number of nitrogens with one attached hydrogen (secondary N) is 1. The van der Waals surface area contributed by atoms with Crippen LogP contribution in [-0.2, 0) is 20.7 Å². The Kier molecular flexibility index (Phi) is 9.63. The van der Waals surface area contributed by atoms with Crippen LogP contribution in [0.15, 0.2) is 54.1 Å². The van der Waals surface area contributed by atoms with E-state index in [0.717, 1.165) is 5.56 Å². The molecule has 0 radical (unpaired) electrons. The van der Waals surface area contributed by atoms with Crippen LogP contribution in [-0.4, -0.2) is 38.2 Å². The van der Waals surface area contributed by atoms with Crippen LogP contribution in [0.5, 0.6) is 11.5 Å². The van der Waals surface area contributed by atoms with Crippen molar-refractivity contribution in [2.75, 3.05) is 26.4 Å². The van der Waals surface area contributed by atoms with Gasteiger partial charge in [-0.1, -0.05) is 36.4 Å². The smallest absolute Gasteiger partial charge is 0.344 e. The van der Waals surface area contributed by atoms with Crippen molar-refractivity contribution in [2.24, 2.45) is 0 Å². The predicted molar refractivity (Wildman–Crippen MR) is 116 cm³/mol. The number of ether oxygens (including phenoxy) is 3. The van der Waals surface area contributed by atoms with Crippen LogP contribution in [0.25, 0.3) is 6.08 Å². The fourth-order valence-electron chi connectivity index (χ4n) is 2.72. The molecule has 0 aliphatic rings. The van der Waals surface area contributed by atoms with E-state index in [1.54, 1.807) is 25.1 Å². The minimum atomic E-state index is -0.479. The van der Waals surface area contributed by atoms with Crippen LogP contribution in [0.1, 0.15) is 25.0 Å². The molecule has 31 heavy (non-hydrogen) atoms. The first-order chi connectivity index (χ1) is 15.1. The molecule has 0 heterocycles. The Morgan fingerprint density at radius 2 is 1.81 bits per heavy atom. The first-order valence-electron chi connectivity index (χ1n) is 10.1. The third-order valence-corrected chi connectivity index (χ3v) is 4.14. The third kappa shape index (κ3) is 7.86. The molecule has 0 spiro atoms. The van der Waals surface area contributed by atoms with Gasteiger partial charge in [0.2, 0.25) is 0 Å². The summed E-state index contributed by atoms with van der Waals surface area (Å²) in [6, 6.07) is 16.7. The standard InChI is InChI=1S/C24H26N2O5/c1-3-29-22-15-19(10-11-21(22)31-17-23(27)30-4-2)14-20(16-25)24(28)26-13-12-18-8-6-5-7-9-18/h5-11,14-15H,3-4,12-13,17H2,1-2H3,(H,26,28). The molecule has 0 aromatic heterocycles. The lowest BCUT2D eigenvalue weighted by Gasteiger charge is -2.12. The molecule has 2 rings (SSSR count). The van der Waals surface area contributed by atoms with Crippen molar-refractivity contribution in [3.8, 4) is 17.6 Å². The Morgan fingerprint density at radius 1 is 1.03 bits per heavy atom. The quantitative estimate of drug-likeness (QED) is 0.339. The maximum absolute atomic E-state index is 12.4. The zero-order valence-corrected chi connectivity index (χ0v) is 17.7. The largest absolute Gasteiger partial charge is 0.490 e. The third-order valence-electron chi connectivity index (χ3n) is 4.14. The summed E-state index contributed by atoms with van der Waals surface area (Å²) in [6.45, 7) is 4.37. The van der Waals surface area contributed by atoms with Gasteiger partial charge in [0.1, 0.15) is 11.6 Å². The summed E-state index contributed by atoms with van der Waals surface area (Å²) in [4.78, 5) is 23.9. The molecular weight excluding hydrogens is 396 g/mol. The van der Waals surface area contributed by atoms with Crippen molar-refractivity contribution in [3.63, 3.8) is 0 Å². The number of carbonyl (C=O) groups excluding carboxylic acids is 2. The molecule has 0 fully saturated rings. The van der Waals surface area contributed by atoms with Gasteiger partial charge in [0.05, 0.1) is 13.2 Å². The summed E-state index contributed by atoms with van der Waals surface area (Å²) in [5.41, 5.74) is 1.68. The van der Waals surface area contributed by atoms with E-state index in [-0.39, 0.29) is 18.8 Å². The first kappa shape index (κ1) is 23.5. The molecule has 0 atom stereocenters. The molecule has 1 N–H and O–H groups in total. The molecule has 1 amide bonds. The molecule has 2 aromatic carbocycles. The number of nitriles is 1. The molecule has 7 heteroatoms. The number of benzene rings is 2. The lowest BCUT2D eigenvalue weighted by molar-refractivity contribution is -0.145. The van der Waals surface area contributed by atoms with Crippen LogP contribution in [0, 0.1) is 11.3 Å². The van der Waals surface area contributed by atoms with Crippen LogP contribution in [0.2, 0.25) is 0 Å². The van der Waals surface area contributed by atoms with Gasteiger partial charge in [-0.3, -0.25) is 4.79 Å². The summed E-state index contributed by atoms with van der Waals surface area (Å²) in [5, 5.41) is 12.2. The van der Waals surface area contributed by atoms with Gasteiger partial charge in [0.25, 0.3) is 5.91 Å². The van der Waals surface area contributed by atoms with Crippen molar-refractivity contribution in [1.29, 1.82) is 5.26 Å². The molecule has 162 valence electrons. The van der Waals surface area contributed by atoms with E-state index in [1.165, 1.54) is 6.08 Å². The van der Waals surface area contributed by atoms with E-state index in [1.807, 2.05) is 43.3 Å². The summed E-state index contributed by atoms with van der Waals surface area (Å²) < 4.78 is 15.9. The van der Waals surface area contributed by atoms with Crippen LogP contribution in [0.3, 0.4) is 0 Å². The molecular formula is C24H26N2O5. The molecule has 7 nitrogen and oxygen atoms in total. The van der Waals surface area contributed by atoms with Gasteiger partial charge < -0.3 is 19.5 Å². The normalized spacial score (nSPS) is 10.7. The number of rotatable bonds is 11. The van der Waals surface area contributed by atoms with Crippen molar-refractivity contribution in [1.82, 2.24) is 5.32 Å². The van der Waals surface area contributed by atoms with E-state index in [0.29, 0.717) is 36.6 Å². The molecule has 2 aromatic rings. The fraction of sp³-hybridized carbons (Fsp3) is 0.292. The lowest BCUT2D eigenvalue weighted by Crippen LogP contribution is -2.26. The second-order valence-corrected chi connectivity index (χ2v) is 6.39. The van der Waals surface area contributed by atoms with E-state index in [4.69, 9.17) is 14.2 Å². The second kappa shape index (κ2) is 12.7. The van der Waals surface area contributed by atoms with Crippen molar-refractivity contribution >= 4 is 18.0 Å². The summed E-state index contributed by atoms with van der Waals surface area (Å²) in [7, 11) is 0. The van der Waals surface area contributed by atoms with Gasteiger partial charge in [-0.25, -0.2) is 4.79 Å². The topological polar surface area (TPSA) is 97.7 Å². The summed E-state index contributed by atoms with van der Waals surface area (Å²) in [6.07, 6.45) is 2.15. The van der Waals surface area contributed by atoms with E-state index >= 15 is 0 Å². The maximum Gasteiger partial charge on any atom is 0.344 e. The lowest BCUT2D eigenvalue weighted by atomic mass is 10.1. The van der Waals surface area contributed by atoms with E-state index in [9.17, 15) is 14.9 Å². The van der Waals surface area contributed by atoms with Gasteiger partial charge in [0, 0.05) is 6.54 Å². The zero-order chi connectivity index (χ0) is 22.5. The van der Waals surface area contributed by atoms with E-state index in [2.05, 4.69) is 5.32 Å². The Labute approximate surface area is 182 Å². The molecule has 0 bridgehead atoms. The minimum absolute atomic E-state index is 0.0179. The average Bonchev–Trinajstić information content (AvgIpc) is 2.78. The Hall–Kier alpha value is -3.79. The maximum atomic E-state index is 12.4. The second-order valence-electron chi connectivity index (χ2n) is 6.39. The predicted octanol–water partition coefficient (Wildman–Crippen LogP) is 3.29. The molecule has 0 aliphatic carbocycles. The Morgan fingerprint density at radius 3 is 2.48 bits per heavy atom. The van der Waals surface area contributed by atoms with Crippen molar-refractivity contribution in [2.45, 2.75) is 20.3 Å². The number of esters is 1. The minimum Gasteiger partial charge on any atom is -0.490 e. The molecule has 0 saturated heterocycles. The van der Waals surface area contributed by atoms with E-state index < -0.39 is 11.9 Å². The van der Waals surface area contributed by atoms with Gasteiger partial charge in [-0.05, 0) is 49.6 Å². The Balaban J connectivity index is 2.06. The van der Waals surface area contributed by atoms with Crippen molar-refractivity contribution < 1.29 is 23.8 Å². The van der Waals surface area contributed by atoms with Gasteiger partial charge >= 0.3 is 5.97 Å². The first-order valence-corrected chi connectivity index (χ1v) is 10.1. The van der Waals surface area contributed by atoms with Crippen LogP contribution < -0.4 is 14.8 Å². The highest BCUT2D eigenvalue weighted by molar-refractivity contribution is 6.01. The highest BCUT2D eigenvalue weighted by Crippen LogP contribution is 2.29. The van der Waals surface area contributed by atoms with Gasteiger partial charge in [-0.15, -0.1) is 0 Å². The number of carbonyl (C=O) groups is 2. The number of hydrogen-bond donors (Lipinski definition) is 1. The Bertz CT molecular complexity index is 948. The van der Waals surface area contributed by atoms with Gasteiger partial charge in [0.15, 0.2) is 18.1 Å². The highest BCUT2D eigenvalue weighted by atomic mass is 16.6.